The van der Waals surface area contributed by atoms with E-state index in [4.69, 9.17) is 0 Å². The average molecular weight is 278 g/mol. The number of aryl methyl sites for hydroxylation is 2. The second-order valence-corrected chi connectivity index (χ2v) is 6.21. The number of carboxylic acids is 1. The van der Waals surface area contributed by atoms with Crippen LogP contribution in [0, 0.1) is 18.3 Å². The molecule has 2 rings (SSSR count). The Kier molecular flexibility index (Phi) is 4.51. The lowest BCUT2D eigenvalue weighted by atomic mass is 9.67. The highest BCUT2D eigenvalue weighted by Crippen LogP contribution is 2.42. The third kappa shape index (κ3) is 2.89. The van der Waals surface area contributed by atoms with E-state index < -0.39 is 11.4 Å². The van der Waals surface area contributed by atoms with Crippen LogP contribution in [0.5, 0.6) is 0 Å². The Hall–Kier alpha value is -1.32. The SMILES string of the molecule is CCC1CCC(Cc2cc(C)nn2CC)(C(=O)O)CC1. The van der Waals surface area contributed by atoms with Crippen molar-refractivity contribution in [1.29, 1.82) is 0 Å². The second-order valence-electron chi connectivity index (χ2n) is 6.21. The van der Waals surface area contributed by atoms with Crippen LogP contribution in [0.4, 0.5) is 0 Å². The second kappa shape index (κ2) is 5.98. The number of rotatable bonds is 5. The van der Waals surface area contributed by atoms with E-state index in [1.54, 1.807) is 0 Å². The summed E-state index contributed by atoms with van der Waals surface area (Å²) >= 11 is 0. The highest BCUT2D eigenvalue weighted by Gasteiger charge is 2.42. The van der Waals surface area contributed by atoms with Crippen LogP contribution in [0.3, 0.4) is 0 Å². The van der Waals surface area contributed by atoms with Gasteiger partial charge in [0, 0.05) is 18.7 Å². The third-order valence-corrected chi connectivity index (χ3v) is 4.90. The Bertz CT molecular complexity index is 471. The molecule has 1 aliphatic rings. The number of aromatic nitrogens is 2. The van der Waals surface area contributed by atoms with E-state index >= 15 is 0 Å². The highest BCUT2D eigenvalue weighted by atomic mass is 16.4. The van der Waals surface area contributed by atoms with Gasteiger partial charge in [-0.05, 0) is 51.5 Å². The van der Waals surface area contributed by atoms with Gasteiger partial charge in [0.1, 0.15) is 0 Å². The molecule has 4 heteroatoms. The van der Waals surface area contributed by atoms with Crippen LogP contribution >= 0.6 is 0 Å². The first-order valence-corrected chi connectivity index (χ1v) is 7.77. The molecule has 0 bridgehead atoms. The molecule has 0 aliphatic heterocycles. The van der Waals surface area contributed by atoms with Gasteiger partial charge in [-0.1, -0.05) is 13.3 Å². The Morgan fingerprint density at radius 2 is 2.10 bits per heavy atom. The number of carboxylic acid groups (broad SMARTS) is 1. The minimum Gasteiger partial charge on any atom is -0.481 e. The van der Waals surface area contributed by atoms with Gasteiger partial charge < -0.3 is 5.11 Å². The van der Waals surface area contributed by atoms with Gasteiger partial charge in [-0.15, -0.1) is 0 Å². The predicted octanol–water partition coefficient (Wildman–Crippen LogP) is 3.43. The molecular formula is C16H26N2O2. The van der Waals surface area contributed by atoms with Crippen molar-refractivity contribution in [1.82, 2.24) is 9.78 Å². The zero-order valence-corrected chi connectivity index (χ0v) is 12.9. The Balaban J connectivity index is 2.20. The van der Waals surface area contributed by atoms with Crippen LogP contribution in [-0.4, -0.2) is 20.9 Å². The van der Waals surface area contributed by atoms with Gasteiger partial charge in [0.05, 0.1) is 11.1 Å². The molecule has 1 saturated carbocycles. The Labute approximate surface area is 121 Å². The first-order valence-electron chi connectivity index (χ1n) is 7.77. The van der Waals surface area contributed by atoms with Gasteiger partial charge in [-0.25, -0.2) is 0 Å². The molecule has 112 valence electrons. The van der Waals surface area contributed by atoms with Crippen LogP contribution in [0.2, 0.25) is 0 Å². The van der Waals surface area contributed by atoms with Gasteiger partial charge in [0.2, 0.25) is 0 Å². The summed E-state index contributed by atoms with van der Waals surface area (Å²) in [6.07, 6.45) is 5.47. The smallest absolute Gasteiger partial charge is 0.310 e. The van der Waals surface area contributed by atoms with Crippen molar-refractivity contribution < 1.29 is 9.90 Å². The lowest BCUT2D eigenvalue weighted by Gasteiger charge is -2.36. The number of hydrogen-bond acceptors (Lipinski definition) is 2. The van der Waals surface area contributed by atoms with E-state index in [0.29, 0.717) is 12.3 Å². The Morgan fingerprint density at radius 3 is 2.60 bits per heavy atom. The van der Waals surface area contributed by atoms with Crippen molar-refractivity contribution in [3.05, 3.63) is 17.5 Å². The molecule has 0 unspecified atom stereocenters. The summed E-state index contributed by atoms with van der Waals surface area (Å²) in [5.41, 5.74) is 1.47. The Morgan fingerprint density at radius 1 is 1.45 bits per heavy atom. The molecule has 1 aromatic rings. The van der Waals surface area contributed by atoms with E-state index in [1.165, 1.54) is 6.42 Å². The number of carbonyl (C=O) groups is 1. The van der Waals surface area contributed by atoms with E-state index in [2.05, 4.69) is 18.9 Å². The third-order valence-electron chi connectivity index (χ3n) is 4.90. The number of aliphatic carboxylic acids is 1. The first-order chi connectivity index (χ1) is 9.50. The van der Waals surface area contributed by atoms with Crippen molar-refractivity contribution >= 4 is 5.97 Å². The molecule has 0 spiro atoms. The van der Waals surface area contributed by atoms with Crippen molar-refractivity contribution in [3.63, 3.8) is 0 Å². The lowest BCUT2D eigenvalue weighted by molar-refractivity contribution is -0.151. The molecule has 1 fully saturated rings. The van der Waals surface area contributed by atoms with Gasteiger partial charge in [-0.3, -0.25) is 9.48 Å². The summed E-state index contributed by atoms with van der Waals surface area (Å²) in [5, 5.41) is 14.2. The van der Waals surface area contributed by atoms with Crippen molar-refractivity contribution in [2.24, 2.45) is 11.3 Å². The molecule has 4 nitrogen and oxygen atoms in total. The minimum atomic E-state index is -0.631. The first kappa shape index (κ1) is 15.1. The van der Waals surface area contributed by atoms with Crippen LogP contribution in [0.1, 0.15) is 57.3 Å². The summed E-state index contributed by atoms with van der Waals surface area (Å²) in [7, 11) is 0. The van der Waals surface area contributed by atoms with Crippen LogP contribution in [-0.2, 0) is 17.8 Å². The molecular weight excluding hydrogens is 252 g/mol. The molecule has 0 aromatic carbocycles. The zero-order valence-electron chi connectivity index (χ0n) is 12.9. The summed E-state index contributed by atoms with van der Waals surface area (Å²) in [6.45, 7) is 7.03. The minimum absolute atomic E-state index is 0.578. The largest absolute Gasteiger partial charge is 0.481 e. The molecule has 0 radical (unpaired) electrons. The van der Waals surface area contributed by atoms with E-state index in [1.807, 2.05) is 17.7 Å². The maximum atomic E-state index is 11.9. The zero-order chi connectivity index (χ0) is 14.8. The summed E-state index contributed by atoms with van der Waals surface area (Å²) < 4.78 is 1.95. The average Bonchev–Trinajstić information content (AvgIpc) is 2.79. The molecule has 0 atom stereocenters. The highest BCUT2D eigenvalue weighted by molar-refractivity contribution is 5.75. The molecule has 20 heavy (non-hydrogen) atoms. The maximum Gasteiger partial charge on any atom is 0.310 e. The molecule has 0 amide bonds. The topological polar surface area (TPSA) is 55.1 Å². The van der Waals surface area contributed by atoms with Crippen LogP contribution in [0.25, 0.3) is 0 Å². The summed E-state index contributed by atoms with van der Waals surface area (Å²) in [4.78, 5) is 11.9. The fourth-order valence-corrected chi connectivity index (χ4v) is 3.47. The predicted molar refractivity (Wildman–Crippen MR) is 78.7 cm³/mol. The van der Waals surface area contributed by atoms with Crippen LogP contribution in [0.15, 0.2) is 6.07 Å². The lowest BCUT2D eigenvalue weighted by Crippen LogP contribution is -2.38. The number of hydrogen-bond donors (Lipinski definition) is 1. The van der Waals surface area contributed by atoms with Crippen molar-refractivity contribution in [2.75, 3.05) is 0 Å². The van der Waals surface area contributed by atoms with Crippen molar-refractivity contribution in [2.45, 2.75) is 65.8 Å². The maximum absolute atomic E-state index is 11.9. The standard InChI is InChI=1S/C16H26N2O2/c1-4-13-6-8-16(9-7-13,15(19)20)11-14-10-12(3)17-18(14)5-2/h10,13H,4-9,11H2,1-3H3,(H,19,20). The number of nitrogens with zero attached hydrogens (tertiary/aromatic N) is 2. The summed E-state index contributed by atoms with van der Waals surface area (Å²) in [5.74, 6) is 0.0776. The van der Waals surface area contributed by atoms with E-state index in [9.17, 15) is 9.90 Å². The van der Waals surface area contributed by atoms with Crippen molar-refractivity contribution in [3.8, 4) is 0 Å². The van der Waals surface area contributed by atoms with E-state index in [0.717, 1.165) is 43.6 Å². The van der Waals surface area contributed by atoms with Gasteiger partial charge in [-0.2, -0.15) is 5.10 Å². The fraction of sp³-hybridized carbons (Fsp3) is 0.750. The summed E-state index contributed by atoms with van der Waals surface area (Å²) in [6, 6.07) is 2.04. The van der Waals surface area contributed by atoms with Crippen LogP contribution < -0.4 is 0 Å². The van der Waals surface area contributed by atoms with Gasteiger partial charge in [0.15, 0.2) is 0 Å². The normalized spacial score (nSPS) is 26.6. The fourth-order valence-electron chi connectivity index (χ4n) is 3.47. The molecule has 0 saturated heterocycles. The monoisotopic (exact) mass is 278 g/mol. The van der Waals surface area contributed by atoms with Gasteiger partial charge >= 0.3 is 5.97 Å². The van der Waals surface area contributed by atoms with E-state index in [-0.39, 0.29) is 0 Å². The molecule has 1 aromatic heterocycles. The molecule has 1 heterocycles. The molecule has 1 N–H and O–H groups in total. The quantitative estimate of drug-likeness (QED) is 0.897. The van der Waals surface area contributed by atoms with Gasteiger partial charge in [0.25, 0.3) is 0 Å². The molecule has 1 aliphatic carbocycles.